The lowest BCUT2D eigenvalue weighted by atomic mass is 9.71. The van der Waals surface area contributed by atoms with Crippen LogP contribution in [0.25, 0.3) is 0 Å². The van der Waals surface area contributed by atoms with Crippen molar-refractivity contribution in [3.05, 3.63) is 11.6 Å². The van der Waals surface area contributed by atoms with Gasteiger partial charge in [-0.15, -0.1) is 0 Å². The summed E-state index contributed by atoms with van der Waals surface area (Å²) in [5.74, 6) is -0.511. The molecule has 0 radical (unpaired) electrons. The van der Waals surface area contributed by atoms with Gasteiger partial charge in [-0.3, -0.25) is 14.4 Å². The van der Waals surface area contributed by atoms with Gasteiger partial charge in [0.05, 0.1) is 5.92 Å². The minimum Gasteiger partial charge on any atom is -0.462 e. The SMILES string of the molecule is CC1=CC(=O)[C@H](C(=O)O[C@@H]2C[C@H](C)CC[C@@H]2C(C)C)[C@H](C)[C@@H]1C(=O)O[C@@H]1C[C@@H](C)CC[C@@H]1C(C)C. The second-order valence-corrected chi connectivity index (χ2v) is 12.7. The number of rotatable bonds is 6. The molecule has 5 nitrogen and oxygen atoms in total. The molecule has 2 saturated carbocycles. The molecule has 2 fully saturated rings. The van der Waals surface area contributed by atoms with E-state index in [1.54, 1.807) is 0 Å². The third-order valence-corrected chi connectivity index (χ3v) is 9.18. The van der Waals surface area contributed by atoms with Crippen LogP contribution in [0, 0.1) is 53.3 Å². The van der Waals surface area contributed by atoms with Gasteiger partial charge in [0.2, 0.25) is 0 Å². The van der Waals surface area contributed by atoms with Crippen molar-refractivity contribution in [1.29, 1.82) is 0 Å². The molecule has 3 rings (SSSR count). The van der Waals surface area contributed by atoms with Crippen molar-refractivity contribution in [3.8, 4) is 0 Å². The van der Waals surface area contributed by atoms with E-state index in [1.807, 2.05) is 13.8 Å². The molecule has 0 unspecified atom stereocenters. The van der Waals surface area contributed by atoms with Gasteiger partial charge in [0.25, 0.3) is 0 Å². The van der Waals surface area contributed by atoms with E-state index in [4.69, 9.17) is 9.47 Å². The average molecular weight is 489 g/mol. The molecule has 198 valence electrons. The van der Waals surface area contributed by atoms with E-state index in [2.05, 4.69) is 41.5 Å². The highest BCUT2D eigenvalue weighted by atomic mass is 16.5. The number of ketones is 1. The fourth-order valence-electron chi connectivity index (χ4n) is 6.95. The number of esters is 2. The number of ether oxygens (including phenoxy) is 2. The zero-order valence-corrected chi connectivity index (χ0v) is 23.2. The Morgan fingerprint density at radius 1 is 0.771 bits per heavy atom. The number of carbonyl (C=O) groups is 3. The van der Waals surface area contributed by atoms with E-state index >= 15 is 0 Å². The van der Waals surface area contributed by atoms with Crippen LogP contribution in [0.2, 0.25) is 0 Å². The first-order valence-electron chi connectivity index (χ1n) is 14.0. The van der Waals surface area contributed by atoms with Crippen molar-refractivity contribution in [2.24, 2.45) is 53.3 Å². The zero-order chi connectivity index (χ0) is 26.0. The second kappa shape index (κ2) is 11.6. The smallest absolute Gasteiger partial charge is 0.317 e. The van der Waals surface area contributed by atoms with Crippen LogP contribution >= 0.6 is 0 Å². The maximum absolute atomic E-state index is 13.5. The van der Waals surface area contributed by atoms with Gasteiger partial charge in [-0.1, -0.05) is 66.9 Å². The van der Waals surface area contributed by atoms with Gasteiger partial charge >= 0.3 is 11.9 Å². The van der Waals surface area contributed by atoms with Gasteiger partial charge in [0.1, 0.15) is 18.1 Å². The molecule has 0 N–H and O–H groups in total. The quantitative estimate of drug-likeness (QED) is 0.320. The maximum Gasteiger partial charge on any atom is 0.317 e. The lowest BCUT2D eigenvalue weighted by Crippen LogP contribution is -2.46. The Hall–Kier alpha value is -1.65. The Morgan fingerprint density at radius 3 is 1.63 bits per heavy atom. The van der Waals surface area contributed by atoms with Crippen LogP contribution in [0.3, 0.4) is 0 Å². The first-order chi connectivity index (χ1) is 16.4. The fraction of sp³-hybridized carbons (Fsp3) is 0.833. The predicted octanol–water partition coefficient (Wildman–Crippen LogP) is 6.39. The standard InChI is InChI=1S/C30H48O5/c1-16(2)22-11-9-18(5)13-25(22)34-29(32)27-20(7)15-24(31)28(21(27)8)30(33)35-26-14-19(6)10-12-23(26)17(3)4/h15-19,21-23,25-28H,9-14H2,1-8H3/t18-,19+,21+,22+,23+,25+,26+,27+,28+/m0/s1. The number of hydrogen-bond donors (Lipinski definition) is 0. The van der Waals surface area contributed by atoms with Gasteiger partial charge < -0.3 is 9.47 Å². The van der Waals surface area contributed by atoms with E-state index in [9.17, 15) is 14.4 Å². The molecule has 0 aromatic carbocycles. The Balaban J connectivity index is 1.75. The molecule has 35 heavy (non-hydrogen) atoms. The second-order valence-electron chi connectivity index (χ2n) is 12.7. The summed E-state index contributed by atoms with van der Waals surface area (Å²) in [6, 6.07) is 0. The van der Waals surface area contributed by atoms with E-state index in [0.717, 1.165) is 38.5 Å². The summed E-state index contributed by atoms with van der Waals surface area (Å²) in [6.45, 7) is 16.8. The van der Waals surface area contributed by atoms with Crippen LogP contribution in [0.15, 0.2) is 11.6 Å². The Bertz CT molecular complexity index is 812. The first-order valence-corrected chi connectivity index (χ1v) is 14.0. The molecule has 0 aromatic heterocycles. The Labute approximate surface area is 212 Å². The minimum atomic E-state index is -0.951. The number of carbonyl (C=O) groups excluding carboxylic acids is 3. The monoisotopic (exact) mass is 488 g/mol. The lowest BCUT2D eigenvalue weighted by molar-refractivity contribution is -0.169. The lowest BCUT2D eigenvalue weighted by Gasteiger charge is -2.40. The van der Waals surface area contributed by atoms with Crippen molar-refractivity contribution in [2.75, 3.05) is 0 Å². The van der Waals surface area contributed by atoms with E-state index in [1.165, 1.54) is 6.08 Å². The largest absolute Gasteiger partial charge is 0.462 e. The molecular weight excluding hydrogens is 440 g/mol. The van der Waals surface area contributed by atoms with Crippen molar-refractivity contribution < 1.29 is 23.9 Å². The van der Waals surface area contributed by atoms with Gasteiger partial charge in [0, 0.05) is 0 Å². The predicted molar refractivity (Wildman–Crippen MR) is 137 cm³/mol. The molecule has 9 atom stereocenters. The summed E-state index contributed by atoms with van der Waals surface area (Å²) < 4.78 is 12.2. The minimum absolute atomic E-state index is 0.107. The summed E-state index contributed by atoms with van der Waals surface area (Å²) in [7, 11) is 0. The van der Waals surface area contributed by atoms with Gasteiger partial charge in [-0.05, 0) is 80.1 Å². The summed E-state index contributed by atoms with van der Waals surface area (Å²) in [4.78, 5) is 39.9. The molecule has 0 aromatic rings. The summed E-state index contributed by atoms with van der Waals surface area (Å²) >= 11 is 0. The fourth-order valence-corrected chi connectivity index (χ4v) is 6.95. The molecule has 0 amide bonds. The van der Waals surface area contributed by atoms with Crippen molar-refractivity contribution in [2.45, 2.75) is 106 Å². The highest BCUT2D eigenvalue weighted by Crippen LogP contribution is 2.40. The molecule has 0 aliphatic heterocycles. The van der Waals surface area contributed by atoms with E-state index < -0.39 is 23.7 Å². The number of allylic oxidation sites excluding steroid dienone is 1. The van der Waals surface area contributed by atoms with Crippen LogP contribution in [-0.2, 0) is 23.9 Å². The van der Waals surface area contributed by atoms with Crippen LogP contribution in [0.1, 0.15) is 93.9 Å². The molecule has 0 spiro atoms. The highest BCUT2D eigenvalue weighted by Gasteiger charge is 2.47. The first kappa shape index (κ1) is 27.9. The molecule has 5 heteroatoms. The molecule has 3 aliphatic rings. The van der Waals surface area contributed by atoms with E-state index in [0.29, 0.717) is 41.1 Å². The highest BCUT2D eigenvalue weighted by molar-refractivity contribution is 6.07. The third-order valence-electron chi connectivity index (χ3n) is 9.18. The van der Waals surface area contributed by atoms with Gasteiger partial charge in [-0.25, -0.2) is 0 Å². The number of hydrogen-bond acceptors (Lipinski definition) is 5. The molecule has 0 saturated heterocycles. The normalized spacial score (nSPS) is 38.3. The average Bonchev–Trinajstić information content (AvgIpc) is 2.72. The van der Waals surface area contributed by atoms with Crippen LogP contribution in [-0.4, -0.2) is 29.9 Å². The van der Waals surface area contributed by atoms with Crippen LogP contribution < -0.4 is 0 Å². The van der Waals surface area contributed by atoms with Crippen molar-refractivity contribution in [1.82, 2.24) is 0 Å². The summed E-state index contributed by atoms with van der Waals surface area (Å²) in [6.07, 6.45) is 7.32. The van der Waals surface area contributed by atoms with Crippen molar-refractivity contribution >= 4 is 17.7 Å². The van der Waals surface area contributed by atoms with Crippen molar-refractivity contribution in [3.63, 3.8) is 0 Å². The third kappa shape index (κ3) is 6.38. The van der Waals surface area contributed by atoms with E-state index in [-0.39, 0.29) is 24.0 Å². The molecular formula is C30H48O5. The topological polar surface area (TPSA) is 69.7 Å². The van der Waals surface area contributed by atoms with Gasteiger partial charge in [-0.2, -0.15) is 0 Å². The van der Waals surface area contributed by atoms with Crippen LogP contribution in [0.5, 0.6) is 0 Å². The molecule has 0 heterocycles. The summed E-state index contributed by atoms with van der Waals surface area (Å²) in [5, 5.41) is 0. The Morgan fingerprint density at radius 2 is 1.20 bits per heavy atom. The Kier molecular flexibility index (Phi) is 9.26. The zero-order valence-electron chi connectivity index (χ0n) is 23.2. The van der Waals surface area contributed by atoms with Gasteiger partial charge in [0.15, 0.2) is 5.78 Å². The maximum atomic E-state index is 13.5. The summed E-state index contributed by atoms with van der Waals surface area (Å²) in [5.41, 5.74) is 0.688. The molecule has 3 aliphatic carbocycles. The molecule has 0 bridgehead atoms. The van der Waals surface area contributed by atoms with Crippen LogP contribution in [0.4, 0.5) is 0 Å².